The van der Waals surface area contributed by atoms with E-state index < -0.39 is 10.8 Å². The maximum atomic E-state index is 12.2. The van der Waals surface area contributed by atoms with Gasteiger partial charge >= 0.3 is 5.69 Å². The number of aromatic nitrogens is 4. The molecule has 0 spiro atoms. The van der Waals surface area contributed by atoms with Crippen molar-refractivity contribution >= 4 is 11.6 Å². The summed E-state index contributed by atoms with van der Waals surface area (Å²) in [5.41, 5.74) is 0.225. The van der Waals surface area contributed by atoms with Gasteiger partial charge in [0, 0.05) is 27.3 Å². The standard InChI is InChI=1S/C11H14N6O3/c1-14(6-8-4-5-15(2)12-8)11(18)10-9(17(19)20)7-16(3)13-10/h4-5,7H,6H2,1-3H3. The first kappa shape index (κ1) is 13.7. The molecule has 0 aromatic carbocycles. The highest BCUT2D eigenvalue weighted by Gasteiger charge is 2.27. The normalized spacial score (nSPS) is 10.6. The lowest BCUT2D eigenvalue weighted by molar-refractivity contribution is -0.385. The van der Waals surface area contributed by atoms with Gasteiger partial charge in [-0.3, -0.25) is 24.3 Å². The minimum absolute atomic E-state index is 0.170. The van der Waals surface area contributed by atoms with Crippen LogP contribution in [0.15, 0.2) is 18.5 Å². The number of rotatable bonds is 4. The van der Waals surface area contributed by atoms with E-state index in [2.05, 4.69) is 10.2 Å². The van der Waals surface area contributed by atoms with Gasteiger partial charge < -0.3 is 4.90 Å². The van der Waals surface area contributed by atoms with Crippen LogP contribution in [0.3, 0.4) is 0 Å². The Hall–Kier alpha value is -2.71. The summed E-state index contributed by atoms with van der Waals surface area (Å²) in [6.45, 7) is 0.257. The van der Waals surface area contributed by atoms with Crippen LogP contribution in [0.25, 0.3) is 0 Å². The van der Waals surface area contributed by atoms with E-state index in [4.69, 9.17) is 0 Å². The van der Waals surface area contributed by atoms with Crippen molar-refractivity contribution in [3.63, 3.8) is 0 Å². The van der Waals surface area contributed by atoms with Crippen molar-refractivity contribution in [3.8, 4) is 0 Å². The summed E-state index contributed by atoms with van der Waals surface area (Å²) in [5, 5.41) is 18.9. The van der Waals surface area contributed by atoms with E-state index in [-0.39, 0.29) is 17.9 Å². The number of carbonyl (C=O) groups is 1. The molecule has 2 rings (SSSR count). The molecule has 9 heteroatoms. The zero-order chi connectivity index (χ0) is 14.9. The average molecular weight is 278 g/mol. The van der Waals surface area contributed by atoms with Crippen molar-refractivity contribution in [3.05, 3.63) is 40.0 Å². The molecule has 2 aromatic heterocycles. The molecule has 2 heterocycles. The van der Waals surface area contributed by atoms with Crippen LogP contribution in [-0.2, 0) is 20.6 Å². The topological polar surface area (TPSA) is 99.1 Å². The molecule has 9 nitrogen and oxygen atoms in total. The monoisotopic (exact) mass is 278 g/mol. The first-order valence-electron chi connectivity index (χ1n) is 5.80. The molecule has 0 N–H and O–H groups in total. The van der Waals surface area contributed by atoms with Crippen LogP contribution < -0.4 is 0 Å². The van der Waals surface area contributed by atoms with E-state index in [1.54, 1.807) is 31.0 Å². The van der Waals surface area contributed by atoms with Crippen molar-refractivity contribution < 1.29 is 9.72 Å². The van der Waals surface area contributed by atoms with Crippen molar-refractivity contribution in [2.24, 2.45) is 14.1 Å². The van der Waals surface area contributed by atoms with Crippen LogP contribution in [0.1, 0.15) is 16.2 Å². The van der Waals surface area contributed by atoms with Gasteiger partial charge in [-0.2, -0.15) is 10.2 Å². The molecule has 0 bridgehead atoms. The summed E-state index contributed by atoms with van der Waals surface area (Å²) in [6.07, 6.45) is 2.97. The van der Waals surface area contributed by atoms with E-state index >= 15 is 0 Å². The molecule has 1 amide bonds. The summed E-state index contributed by atoms with van der Waals surface area (Å²) >= 11 is 0. The minimum Gasteiger partial charge on any atom is -0.334 e. The van der Waals surface area contributed by atoms with Gasteiger partial charge in [-0.15, -0.1) is 0 Å². The third-order valence-electron chi connectivity index (χ3n) is 2.72. The molecule has 106 valence electrons. The Kier molecular flexibility index (Phi) is 3.51. The molecule has 0 radical (unpaired) electrons. The summed E-state index contributed by atoms with van der Waals surface area (Å²) in [6, 6.07) is 1.77. The van der Waals surface area contributed by atoms with E-state index in [9.17, 15) is 14.9 Å². The molecule has 0 aliphatic carbocycles. The fraction of sp³-hybridized carbons (Fsp3) is 0.364. The second kappa shape index (κ2) is 5.11. The lowest BCUT2D eigenvalue weighted by atomic mass is 10.3. The molecule has 0 fully saturated rings. The third-order valence-corrected chi connectivity index (χ3v) is 2.72. The van der Waals surface area contributed by atoms with Crippen LogP contribution in [-0.4, -0.2) is 42.3 Å². The Bertz CT molecular complexity index is 659. The number of hydrogen-bond donors (Lipinski definition) is 0. The predicted octanol–water partition coefficient (Wildman–Crippen LogP) is 0.334. The first-order valence-corrected chi connectivity index (χ1v) is 5.80. The Morgan fingerprint density at radius 3 is 2.65 bits per heavy atom. The van der Waals surface area contributed by atoms with Crippen LogP contribution in [0.5, 0.6) is 0 Å². The molecule has 2 aromatic rings. The first-order chi connectivity index (χ1) is 9.38. The number of aryl methyl sites for hydroxylation is 2. The van der Waals surface area contributed by atoms with Gasteiger partial charge in [0.2, 0.25) is 5.69 Å². The van der Waals surface area contributed by atoms with Crippen molar-refractivity contribution in [1.29, 1.82) is 0 Å². The second-order valence-electron chi connectivity index (χ2n) is 4.44. The maximum Gasteiger partial charge on any atom is 0.320 e. The second-order valence-corrected chi connectivity index (χ2v) is 4.44. The molecule has 0 aliphatic heterocycles. The number of hydrogen-bond acceptors (Lipinski definition) is 5. The lowest BCUT2D eigenvalue weighted by Crippen LogP contribution is -2.27. The van der Waals surface area contributed by atoms with Gasteiger partial charge in [-0.25, -0.2) is 0 Å². The maximum absolute atomic E-state index is 12.2. The van der Waals surface area contributed by atoms with E-state index in [1.165, 1.54) is 22.8 Å². The number of carbonyl (C=O) groups excluding carboxylic acids is 1. The van der Waals surface area contributed by atoms with Crippen molar-refractivity contribution in [2.75, 3.05) is 7.05 Å². The van der Waals surface area contributed by atoms with E-state index in [0.29, 0.717) is 5.69 Å². The Balaban J connectivity index is 2.20. The summed E-state index contributed by atoms with van der Waals surface area (Å²) in [4.78, 5) is 23.8. The Labute approximate surface area is 114 Å². The van der Waals surface area contributed by atoms with E-state index in [0.717, 1.165) is 0 Å². The van der Waals surface area contributed by atoms with Crippen LogP contribution >= 0.6 is 0 Å². The quantitative estimate of drug-likeness (QED) is 0.593. The van der Waals surface area contributed by atoms with Crippen LogP contribution in [0.2, 0.25) is 0 Å². The molecule has 0 saturated carbocycles. The highest BCUT2D eigenvalue weighted by Crippen LogP contribution is 2.18. The predicted molar refractivity (Wildman–Crippen MR) is 68.9 cm³/mol. The third kappa shape index (κ3) is 2.66. The van der Waals surface area contributed by atoms with Gasteiger partial charge in [0.1, 0.15) is 6.20 Å². The highest BCUT2D eigenvalue weighted by molar-refractivity contribution is 5.95. The number of nitrogens with zero attached hydrogens (tertiary/aromatic N) is 6. The lowest BCUT2D eigenvalue weighted by Gasteiger charge is -2.13. The van der Waals surface area contributed by atoms with Gasteiger partial charge in [-0.1, -0.05) is 0 Å². The zero-order valence-corrected chi connectivity index (χ0v) is 11.3. The van der Waals surface area contributed by atoms with Crippen LogP contribution in [0, 0.1) is 10.1 Å². The molecule has 0 atom stereocenters. The zero-order valence-electron chi connectivity index (χ0n) is 11.3. The number of amides is 1. The molecule has 0 saturated heterocycles. The molecule has 0 unspecified atom stereocenters. The smallest absolute Gasteiger partial charge is 0.320 e. The fourth-order valence-corrected chi connectivity index (χ4v) is 1.80. The number of nitro groups is 1. The summed E-state index contributed by atoms with van der Waals surface area (Å²) in [5.74, 6) is -0.511. The minimum atomic E-state index is -0.616. The molecule has 0 aliphatic rings. The largest absolute Gasteiger partial charge is 0.334 e. The van der Waals surface area contributed by atoms with Crippen molar-refractivity contribution in [2.45, 2.75) is 6.54 Å². The van der Waals surface area contributed by atoms with Crippen LogP contribution in [0.4, 0.5) is 5.69 Å². The molecule has 20 heavy (non-hydrogen) atoms. The molecular formula is C11H14N6O3. The van der Waals surface area contributed by atoms with Gasteiger partial charge in [0.15, 0.2) is 0 Å². The van der Waals surface area contributed by atoms with E-state index in [1.807, 2.05) is 0 Å². The molecular weight excluding hydrogens is 264 g/mol. The van der Waals surface area contributed by atoms with Gasteiger partial charge in [-0.05, 0) is 6.07 Å². The van der Waals surface area contributed by atoms with Gasteiger partial charge in [0.25, 0.3) is 5.91 Å². The SMILES string of the molecule is CN(Cc1ccn(C)n1)C(=O)c1nn(C)cc1[N+](=O)[O-]. The summed E-state index contributed by atoms with van der Waals surface area (Å²) in [7, 11) is 4.85. The van der Waals surface area contributed by atoms with Gasteiger partial charge in [0.05, 0.1) is 17.2 Å². The summed E-state index contributed by atoms with van der Waals surface area (Å²) < 4.78 is 2.87. The Morgan fingerprint density at radius 1 is 1.40 bits per heavy atom. The fourth-order valence-electron chi connectivity index (χ4n) is 1.80. The Morgan fingerprint density at radius 2 is 2.10 bits per heavy atom. The highest BCUT2D eigenvalue weighted by atomic mass is 16.6. The van der Waals surface area contributed by atoms with Crippen molar-refractivity contribution in [1.82, 2.24) is 24.5 Å². The average Bonchev–Trinajstić information content (AvgIpc) is 2.94.